The van der Waals surface area contributed by atoms with Crippen LogP contribution in [0.1, 0.15) is 61.1 Å². The highest BCUT2D eigenvalue weighted by Crippen LogP contribution is 2.45. The van der Waals surface area contributed by atoms with E-state index in [-0.39, 0.29) is 30.0 Å². The fraction of sp³-hybridized carbons (Fsp3) is 0.345. The van der Waals surface area contributed by atoms with Gasteiger partial charge in [0.2, 0.25) is 0 Å². The first-order valence-corrected chi connectivity index (χ1v) is 12.3. The standard InChI is InChI=1S/C29H30N2O4/c1-17-9-14-21(18(2)15-17)31-26(34)16-35-20-12-10-19(11-13-20)27-28-22(5-3-7-24(28)32)30-23-6-4-8-25(33)29(23)27/h9-15,27,30H,3-8,16H2,1-2H3,(H,31,34). The van der Waals surface area contributed by atoms with Crippen LogP contribution in [0, 0.1) is 13.8 Å². The molecule has 2 aliphatic carbocycles. The average molecular weight is 471 g/mol. The Morgan fingerprint density at radius 2 is 1.54 bits per heavy atom. The molecule has 0 aromatic heterocycles. The summed E-state index contributed by atoms with van der Waals surface area (Å²) in [5.41, 5.74) is 7.25. The van der Waals surface area contributed by atoms with Crippen molar-refractivity contribution in [3.8, 4) is 5.75 Å². The molecule has 0 saturated carbocycles. The van der Waals surface area contributed by atoms with Crippen LogP contribution in [0.25, 0.3) is 0 Å². The van der Waals surface area contributed by atoms with Crippen molar-refractivity contribution in [1.29, 1.82) is 0 Å². The Morgan fingerprint density at radius 1 is 0.914 bits per heavy atom. The second-order valence-corrected chi connectivity index (χ2v) is 9.62. The second-order valence-electron chi connectivity index (χ2n) is 9.62. The van der Waals surface area contributed by atoms with E-state index in [0.717, 1.165) is 70.6 Å². The molecular formula is C29H30N2O4. The number of amides is 1. The number of benzene rings is 2. The van der Waals surface area contributed by atoms with Crippen LogP contribution >= 0.6 is 0 Å². The molecule has 0 spiro atoms. The lowest BCUT2D eigenvalue weighted by molar-refractivity contribution is -0.118. The Bertz CT molecular complexity index is 1230. The lowest BCUT2D eigenvalue weighted by Crippen LogP contribution is -2.36. The van der Waals surface area contributed by atoms with Gasteiger partial charge in [0.05, 0.1) is 0 Å². The molecular weight excluding hydrogens is 440 g/mol. The van der Waals surface area contributed by atoms with Gasteiger partial charge in [0.25, 0.3) is 5.91 Å². The van der Waals surface area contributed by atoms with Crippen LogP contribution in [-0.4, -0.2) is 24.1 Å². The molecule has 6 heteroatoms. The van der Waals surface area contributed by atoms with E-state index in [2.05, 4.69) is 10.6 Å². The second kappa shape index (κ2) is 9.53. The maximum absolute atomic E-state index is 12.9. The average Bonchev–Trinajstić information content (AvgIpc) is 2.84. The number of hydrogen-bond donors (Lipinski definition) is 2. The first-order chi connectivity index (χ1) is 16.9. The van der Waals surface area contributed by atoms with E-state index >= 15 is 0 Å². The first-order valence-electron chi connectivity index (χ1n) is 12.3. The zero-order chi connectivity index (χ0) is 24.5. The summed E-state index contributed by atoms with van der Waals surface area (Å²) in [5.74, 6) is 0.245. The lowest BCUT2D eigenvalue weighted by atomic mass is 9.71. The van der Waals surface area contributed by atoms with Gasteiger partial charge < -0.3 is 15.4 Å². The maximum atomic E-state index is 12.9. The maximum Gasteiger partial charge on any atom is 0.262 e. The molecule has 2 aromatic rings. The van der Waals surface area contributed by atoms with Crippen molar-refractivity contribution in [1.82, 2.24) is 5.32 Å². The van der Waals surface area contributed by atoms with E-state index in [9.17, 15) is 14.4 Å². The number of hydrogen-bond acceptors (Lipinski definition) is 5. The molecule has 6 nitrogen and oxygen atoms in total. The number of rotatable bonds is 5. The molecule has 180 valence electrons. The van der Waals surface area contributed by atoms with Gasteiger partial charge in [-0.25, -0.2) is 0 Å². The van der Waals surface area contributed by atoms with E-state index in [1.165, 1.54) is 0 Å². The molecule has 0 bridgehead atoms. The Kier molecular flexibility index (Phi) is 6.29. The molecule has 5 rings (SSSR count). The van der Waals surface area contributed by atoms with E-state index in [4.69, 9.17) is 4.74 Å². The molecule has 2 N–H and O–H groups in total. The predicted octanol–water partition coefficient (Wildman–Crippen LogP) is 5.02. The van der Waals surface area contributed by atoms with Crippen molar-refractivity contribution in [2.24, 2.45) is 0 Å². The minimum absolute atomic E-state index is 0.110. The van der Waals surface area contributed by atoms with Crippen molar-refractivity contribution in [2.45, 2.75) is 58.3 Å². The summed E-state index contributed by atoms with van der Waals surface area (Å²) < 4.78 is 5.72. The molecule has 3 aliphatic rings. The van der Waals surface area contributed by atoms with Gasteiger partial charge in [-0.3, -0.25) is 14.4 Å². The Morgan fingerprint density at radius 3 is 2.14 bits per heavy atom. The summed E-state index contributed by atoms with van der Waals surface area (Å²) in [6.07, 6.45) is 4.38. The van der Waals surface area contributed by atoms with E-state index in [1.807, 2.05) is 56.3 Å². The number of allylic oxidation sites excluding steroid dienone is 4. The third kappa shape index (κ3) is 4.65. The molecule has 0 atom stereocenters. The highest BCUT2D eigenvalue weighted by atomic mass is 16.5. The molecule has 0 saturated heterocycles. The molecule has 2 aromatic carbocycles. The van der Waals surface area contributed by atoms with Crippen molar-refractivity contribution in [3.63, 3.8) is 0 Å². The van der Waals surface area contributed by atoms with Crippen LogP contribution in [0.5, 0.6) is 5.75 Å². The van der Waals surface area contributed by atoms with E-state index < -0.39 is 0 Å². The van der Waals surface area contributed by atoms with Crippen LogP contribution < -0.4 is 15.4 Å². The molecule has 0 radical (unpaired) electrons. The van der Waals surface area contributed by atoms with Crippen molar-refractivity contribution in [2.75, 3.05) is 11.9 Å². The molecule has 0 unspecified atom stereocenters. The van der Waals surface area contributed by atoms with Crippen LogP contribution in [-0.2, 0) is 14.4 Å². The SMILES string of the molecule is Cc1ccc(NC(=O)COc2ccc(C3C4=C(CCCC4=O)NC4=C3C(=O)CCC4)cc2)c(C)c1. The largest absolute Gasteiger partial charge is 0.484 e. The number of carbonyl (C=O) groups is 3. The van der Waals surface area contributed by atoms with Crippen molar-refractivity contribution in [3.05, 3.63) is 81.7 Å². The zero-order valence-electron chi connectivity index (χ0n) is 20.2. The van der Waals surface area contributed by atoms with Gasteiger partial charge in [-0.05, 0) is 68.9 Å². The van der Waals surface area contributed by atoms with Crippen molar-refractivity contribution < 1.29 is 19.1 Å². The first kappa shape index (κ1) is 23.1. The summed E-state index contributed by atoms with van der Waals surface area (Å²) >= 11 is 0. The predicted molar refractivity (Wildman–Crippen MR) is 134 cm³/mol. The minimum Gasteiger partial charge on any atom is -0.484 e. The normalized spacial score (nSPS) is 18.1. The molecule has 1 aliphatic heterocycles. The number of anilines is 1. The van der Waals surface area contributed by atoms with Crippen LogP contribution in [0.15, 0.2) is 65.0 Å². The van der Waals surface area contributed by atoms with Gasteiger partial charge in [0.1, 0.15) is 5.75 Å². The summed E-state index contributed by atoms with van der Waals surface area (Å²) in [6.45, 7) is 3.86. The highest BCUT2D eigenvalue weighted by Gasteiger charge is 2.40. The number of dihydropyridines is 1. The van der Waals surface area contributed by atoms with Crippen LogP contribution in [0.4, 0.5) is 5.69 Å². The van der Waals surface area contributed by atoms with Gasteiger partial charge in [0.15, 0.2) is 18.2 Å². The number of ketones is 2. The highest BCUT2D eigenvalue weighted by molar-refractivity contribution is 6.06. The molecule has 0 fully saturated rings. The van der Waals surface area contributed by atoms with Crippen molar-refractivity contribution >= 4 is 23.2 Å². The zero-order valence-corrected chi connectivity index (χ0v) is 20.2. The van der Waals surface area contributed by atoms with Gasteiger partial charge in [0, 0.05) is 47.0 Å². The van der Waals surface area contributed by atoms with E-state index in [1.54, 1.807) is 0 Å². The third-order valence-corrected chi connectivity index (χ3v) is 7.03. The summed E-state index contributed by atoms with van der Waals surface area (Å²) in [6, 6.07) is 13.3. The molecule has 1 amide bonds. The minimum atomic E-state index is -0.330. The number of ether oxygens (including phenoxy) is 1. The Labute approximate surface area is 205 Å². The lowest BCUT2D eigenvalue weighted by Gasteiger charge is -2.37. The third-order valence-electron chi connectivity index (χ3n) is 7.03. The van der Waals surface area contributed by atoms with Gasteiger partial charge >= 0.3 is 0 Å². The summed E-state index contributed by atoms with van der Waals surface area (Å²) in [7, 11) is 0. The number of Topliss-reactive ketones (excluding diaryl/α,β-unsaturated/α-hetero) is 2. The molecule has 35 heavy (non-hydrogen) atoms. The number of carbonyl (C=O) groups excluding carboxylic acids is 3. The Balaban J connectivity index is 1.33. The summed E-state index contributed by atoms with van der Waals surface area (Å²) in [4.78, 5) is 38.3. The van der Waals surface area contributed by atoms with Gasteiger partial charge in [-0.1, -0.05) is 29.8 Å². The van der Waals surface area contributed by atoms with Crippen LogP contribution in [0.3, 0.4) is 0 Å². The monoisotopic (exact) mass is 470 g/mol. The van der Waals surface area contributed by atoms with Gasteiger partial charge in [-0.15, -0.1) is 0 Å². The quantitative estimate of drug-likeness (QED) is 0.641. The van der Waals surface area contributed by atoms with E-state index in [0.29, 0.717) is 18.6 Å². The smallest absolute Gasteiger partial charge is 0.262 e. The Hall–Kier alpha value is -3.67. The van der Waals surface area contributed by atoms with Gasteiger partial charge in [-0.2, -0.15) is 0 Å². The van der Waals surface area contributed by atoms with Crippen LogP contribution in [0.2, 0.25) is 0 Å². The number of nitrogens with one attached hydrogen (secondary N) is 2. The topological polar surface area (TPSA) is 84.5 Å². The fourth-order valence-electron chi connectivity index (χ4n) is 5.36. The molecule has 1 heterocycles. The fourth-order valence-corrected chi connectivity index (χ4v) is 5.36. The number of aryl methyl sites for hydroxylation is 2. The summed E-state index contributed by atoms with van der Waals surface area (Å²) in [5, 5.41) is 6.32.